The molecule has 1 aromatic carbocycles. The Morgan fingerprint density at radius 3 is 3.05 bits per heavy atom. The average Bonchev–Trinajstić information content (AvgIpc) is 2.39. The molecule has 0 unspecified atom stereocenters. The molecule has 0 saturated carbocycles. The fourth-order valence-electron chi connectivity index (χ4n) is 1.57. The molecule has 19 heavy (non-hydrogen) atoms. The SMILES string of the molecule is CCNC(=S)N/N=C\c1cc(Cl)c2c(c1)OCCO2. The van der Waals surface area contributed by atoms with Crippen molar-refractivity contribution >= 4 is 35.1 Å². The number of thiocarbonyl (C=S) groups is 1. The van der Waals surface area contributed by atoms with Gasteiger partial charge in [-0.2, -0.15) is 5.10 Å². The van der Waals surface area contributed by atoms with Crippen molar-refractivity contribution in [3.63, 3.8) is 0 Å². The van der Waals surface area contributed by atoms with Crippen LogP contribution in [0, 0.1) is 0 Å². The number of nitrogens with one attached hydrogen (secondary N) is 2. The molecule has 1 aromatic rings. The van der Waals surface area contributed by atoms with Gasteiger partial charge in [-0.3, -0.25) is 5.43 Å². The second-order valence-electron chi connectivity index (χ2n) is 3.76. The Balaban J connectivity index is 2.07. The standard InChI is InChI=1S/C12H14ClN3O2S/c1-2-14-12(19)16-15-7-8-5-9(13)11-10(6-8)17-3-4-18-11/h5-7H,2-4H2,1H3,(H2,14,16,19)/b15-7-. The van der Waals surface area contributed by atoms with Gasteiger partial charge in [0.05, 0.1) is 11.2 Å². The first-order valence-corrected chi connectivity index (χ1v) is 6.65. The van der Waals surface area contributed by atoms with Crippen LogP contribution in [0.3, 0.4) is 0 Å². The molecule has 0 aliphatic carbocycles. The van der Waals surface area contributed by atoms with Crippen LogP contribution in [-0.4, -0.2) is 31.1 Å². The van der Waals surface area contributed by atoms with Gasteiger partial charge in [0.1, 0.15) is 13.2 Å². The summed E-state index contributed by atoms with van der Waals surface area (Å²) in [6.07, 6.45) is 1.62. The van der Waals surface area contributed by atoms with Crippen molar-refractivity contribution < 1.29 is 9.47 Å². The number of hydrogen-bond donors (Lipinski definition) is 2. The lowest BCUT2D eigenvalue weighted by Gasteiger charge is -2.19. The highest BCUT2D eigenvalue weighted by Crippen LogP contribution is 2.37. The van der Waals surface area contributed by atoms with E-state index in [2.05, 4.69) is 15.8 Å². The fourth-order valence-corrected chi connectivity index (χ4v) is 2.04. The zero-order chi connectivity index (χ0) is 13.7. The molecule has 1 aliphatic rings. The summed E-state index contributed by atoms with van der Waals surface area (Å²) in [6, 6.07) is 3.58. The average molecular weight is 300 g/mol. The smallest absolute Gasteiger partial charge is 0.186 e. The molecule has 0 saturated heterocycles. The maximum Gasteiger partial charge on any atom is 0.186 e. The minimum atomic E-state index is 0.474. The van der Waals surface area contributed by atoms with Crippen molar-refractivity contribution in [2.45, 2.75) is 6.92 Å². The molecular weight excluding hydrogens is 286 g/mol. The van der Waals surface area contributed by atoms with E-state index in [1.54, 1.807) is 12.3 Å². The van der Waals surface area contributed by atoms with Crippen LogP contribution in [0.2, 0.25) is 5.02 Å². The van der Waals surface area contributed by atoms with E-state index >= 15 is 0 Å². The number of benzene rings is 1. The Bertz CT molecular complexity index is 508. The zero-order valence-corrected chi connectivity index (χ0v) is 12.0. The van der Waals surface area contributed by atoms with Gasteiger partial charge >= 0.3 is 0 Å². The quantitative estimate of drug-likeness (QED) is 0.507. The highest BCUT2D eigenvalue weighted by molar-refractivity contribution is 7.80. The van der Waals surface area contributed by atoms with Crippen LogP contribution in [-0.2, 0) is 0 Å². The molecule has 7 heteroatoms. The molecule has 1 heterocycles. The van der Waals surface area contributed by atoms with E-state index in [9.17, 15) is 0 Å². The molecule has 0 bridgehead atoms. The Kier molecular flexibility index (Phi) is 4.81. The van der Waals surface area contributed by atoms with E-state index in [4.69, 9.17) is 33.3 Å². The summed E-state index contributed by atoms with van der Waals surface area (Å²) in [5.41, 5.74) is 3.51. The predicted octanol–water partition coefficient (Wildman–Crippen LogP) is 1.93. The van der Waals surface area contributed by atoms with Crippen LogP contribution in [0.1, 0.15) is 12.5 Å². The number of rotatable bonds is 3. The normalized spacial score (nSPS) is 13.4. The van der Waals surface area contributed by atoms with Gasteiger partial charge < -0.3 is 14.8 Å². The van der Waals surface area contributed by atoms with Crippen molar-refractivity contribution in [2.75, 3.05) is 19.8 Å². The summed E-state index contributed by atoms with van der Waals surface area (Å²) < 4.78 is 10.9. The Hall–Kier alpha value is -1.53. The molecule has 1 aliphatic heterocycles. The Morgan fingerprint density at radius 2 is 2.26 bits per heavy atom. The molecule has 0 atom stereocenters. The van der Waals surface area contributed by atoms with Gasteiger partial charge in [0.25, 0.3) is 0 Å². The molecule has 0 amide bonds. The molecule has 2 rings (SSSR count). The van der Waals surface area contributed by atoms with Crippen molar-refractivity contribution in [1.29, 1.82) is 0 Å². The molecule has 0 radical (unpaired) electrons. The number of hydrogen-bond acceptors (Lipinski definition) is 4. The van der Waals surface area contributed by atoms with Crippen molar-refractivity contribution in [3.8, 4) is 11.5 Å². The molecular formula is C12H14ClN3O2S. The van der Waals surface area contributed by atoms with Gasteiger partial charge in [-0.15, -0.1) is 0 Å². The zero-order valence-electron chi connectivity index (χ0n) is 10.4. The monoisotopic (exact) mass is 299 g/mol. The van der Waals surface area contributed by atoms with Gasteiger partial charge in [0, 0.05) is 6.54 Å². The first kappa shape index (κ1) is 13.9. The van der Waals surface area contributed by atoms with Crippen LogP contribution >= 0.6 is 23.8 Å². The highest BCUT2D eigenvalue weighted by Gasteiger charge is 2.15. The van der Waals surface area contributed by atoms with Crippen molar-refractivity contribution in [1.82, 2.24) is 10.7 Å². The number of nitrogens with zero attached hydrogens (tertiary/aromatic N) is 1. The van der Waals surface area contributed by atoms with E-state index in [0.29, 0.717) is 34.8 Å². The van der Waals surface area contributed by atoms with Gasteiger partial charge in [-0.05, 0) is 36.8 Å². The summed E-state index contributed by atoms with van der Waals surface area (Å²) in [6.45, 7) is 3.74. The van der Waals surface area contributed by atoms with E-state index in [-0.39, 0.29) is 0 Å². The topological polar surface area (TPSA) is 54.9 Å². The van der Waals surface area contributed by atoms with Crippen LogP contribution < -0.4 is 20.2 Å². The van der Waals surface area contributed by atoms with E-state index in [1.165, 1.54) is 0 Å². The van der Waals surface area contributed by atoms with Crippen molar-refractivity contribution in [2.24, 2.45) is 5.10 Å². The fraction of sp³-hybridized carbons (Fsp3) is 0.333. The molecule has 0 spiro atoms. The summed E-state index contributed by atoms with van der Waals surface area (Å²) in [5, 5.41) is 7.93. The second-order valence-corrected chi connectivity index (χ2v) is 4.57. The second kappa shape index (κ2) is 6.58. The largest absolute Gasteiger partial charge is 0.486 e. The maximum atomic E-state index is 6.11. The number of hydrazone groups is 1. The first-order valence-electron chi connectivity index (χ1n) is 5.86. The lowest BCUT2D eigenvalue weighted by molar-refractivity contribution is 0.171. The molecule has 102 valence electrons. The minimum absolute atomic E-state index is 0.474. The van der Waals surface area contributed by atoms with E-state index in [1.807, 2.05) is 13.0 Å². The predicted molar refractivity (Wildman–Crippen MR) is 79.4 cm³/mol. The summed E-state index contributed by atoms with van der Waals surface area (Å²) in [5.74, 6) is 1.22. The van der Waals surface area contributed by atoms with E-state index < -0.39 is 0 Å². The Labute approximate surface area is 121 Å². The van der Waals surface area contributed by atoms with Crippen LogP contribution in [0.4, 0.5) is 0 Å². The molecule has 2 N–H and O–H groups in total. The lowest BCUT2D eigenvalue weighted by atomic mass is 10.2. The molecule has 0 fully saturated rings. The lowest BCUT2D eigenvalue weighted by Crippen LogP contribution is -2.31. The summed E-state index contributed by atoms with van der Waals surface area (Å²) in [4.78, 5) is 0. The molecule has 0 aromatic heterocycles. The number of halogens is 1. The maximum absolute atomic E-state index is 6.11. The van der Waals surface area contributed by atoms with Crippen LogP contribution in [0.25, 0.3) is 0 Å². The number of ether oxygens (including phenoxy) is 2. The van der Waals surface area contributed by atoms with E-state index in [0.717, 1.165) is 12.1 Å². The van der Waals surface area contributed by atoms with Gasteiger partial charge in [0.15, 0.2) is 16.6 Å². The van der Waals surface area contributed by atoms with Crippen molar-refractivity contribution in [3.05, 3.63) is 22.7 Å². The third-order valence-electron chi connectivity index (χ3n) is 2.34. The number of fused-ring (bicyclic) bond motifs is 1. The van der Waals surface area contributed by atoms with Gasteiger partial charge in [-0.1, -0.05) is 11.6 Å². The Morgan fingerprint density at radius 1 is 1.47 bits per heavy atom. The van der Waals surface area contributed by atoms with Crippen LogP contribution in [0.15, 0.2) is 17.2 Å². The first-order chi connectivity index (χ1) is 9.20. The summed E-state index contributed by atoms with van der Waals surface area (Å²) in [7, 11) is 0. The minimum Gasteiger partial charge on any atom is -0.486 e. The highest BCUT2D eigenvalue weighted by atomic mass is 35.5. The summed E-state index contributed by atoms with van der Waals surface area (Å²) >= 11 is 11.1. The van der Waals surface area contributed by atoms with Gasteiger partial charge in [-0.25, -0.2) is 0 Å². The third kappa shape index (κ3) is 3.71. The third-order valence-corrected chi connectivity index (χ3v) is 2.85. The van der Waals surface area contributed by atoms with Gasteiger partial charge in [0.2, 0.25) is 0 Å². The molecule has 5 nitrogen and oxygen atoms in total. The van der Waals surface area contributed by atoms with Crippen LogP contribution in [0.5, 0.6) is 11.5 Å².